The van der Waals surface area contributed by atoms with E-state index in [9.17, 15) is 0 Å². The Morgan fingerprint density at radius 3 is 2.63 bits per heavy atom. The molecule has 5 aliphatic rings. The summed E-state index contributed by atoms with van der Waals surface area (Å²) in [5, 5.41) is 6.64. The van der Waals surface area contributed by atoms with E-state index in [1.807, 2.05) is 0 Å². The van der Waals surface area contributed by atoms with Gasteiger partial charge in [0.15, 0.2) is 0 Å². The number of nitrogens with one attached hydrogen (secondary N) is 1. The Bertz CT molecular complexity index is 1250. The van der Waals surface area contributed by atoms with Gasteiger partial charge in [0, 0.05) is 11.6 Å². The number of allylic oxidation sites excluding steroid dienone is 1. The minimum Gasteiger partial charge on any atom is -0.359 e. The molecule has 3 aliphatic carbocycles. The van der Waals surface area contributed by atoms with Gasteiger partial charge >= 0.3 is 0 Å². The average Bonchev–Trinajstić information content (AvgIpc) is 3.33. The highest BCUT2D eigenvalue weighted by molar-refractivity contribution is 5.83. The van der Waals surface area contributed by atoms with Gasteiger partial charge in [-0.1, -0.05) is 61.5 Å². The number of fused-ring (bicyclic) bond motifs is 2. The van der Waals surface area contributed by atoms with E-state index >= 15 is 0 Å². The van der Waals surface area contributed by atoms with E-state index in [2.05, 4.69) is 87.6 Å². The van der Waals surface area contributed by atoms with Crippen molar-refractivity contribution in [3.8, 4) is 0 Å². The predicted molar refractivity (Wildman–Crippen MR) is 145 cm³/mol. The van der Waals surface area contributed by atoms with Crippen molar-refractivity contribution in [1.29, 1.82) is 0 Å². The van der Waals surface area contributed by atoms with Crippen LogP contribution in [0.25, 0.3) is 10.8 Å². The fourth-order valence-corrected chi connectivity index (χ4v) is 9.12. The second-order valence-corrected chi connectivity index (χ2v) is 13.6. The van der Waals surface area contributed by atoms with Crippen LogP contribution in [0.15, 0.2) is 65.8 Å². The SMILES string of the molecule is CC(C)(C)N[C@@H]1CCC2=CC3=CC[C@]4(C)C(c5ccc6ccccc6c5)CC[C@H]4C34CC[C@]2(C1)O4. The van der Waals surface area contributed by atoms with E-state index in [4.69, 9.17) is 4.74 Å². The molecule has 35 heavy (non-hydrogen) atoms. The van der Waals surface area contributed by atoms with Gasteiger partial charge in [-0.2, -0.15) is 0 Å². The van der Waals surface area contributed by atoms with Crippen LogP contribution in [0.4, 0.5) is 0 Å². The van der Waals surface area contributed by atoms with Crippen LogP contribution in [0.1, 0.15) is 90.5 Å². The zero-order valence-electron chi connectivity index (χ0n) is 22.0. The molecule has 6 atom stereocenters. The zero-order chi connectivity index (χ0) is 24.1. The average molecular weight is 468 g/mol. The summed E-state index contributed by atoms with van der Waals surface area (Å²) in [6, 6.07) is 16.6. The standard InChI is InChI=1S/C33H41NO/c1-30(2,3)34-27-12-11-25-20-26-15-16-31(4)28(24-10-9-22-7-5-6-8-23(22)19-24)13-14-29(31)33(26)18-17-32(25,21-27)35-33/h5-10,15,19-20,27-29,34H,11-14,16-18,21H2,1-4H3/t27-,28?,29-,31-,32-,33?/m1/s1. The van der Waals surface area contributed by atoms with Gasteiger partial charge in [-0.15, -0.1) is 0 Å². The monoisotopic (exact) mass is 467 g/mol. The van der Waals surface area contributed by atoms with Crippen molar-refractivity contribution in [2.24, 2.45) is 11.3 Å². The Kier molecular flexibility index (Phi) is 4.67. The highest BCUT2D eigenvalue weighted by Crippen LogP contribution is 2.69. The molecule has 2 bridgehead atoms. The Labute approximate surface area is 211 Å². The lowest BCUT2D eigenvalue weighted by Gasteiger charge is -2.54. The summed E-state index contributed by atoms with van der Waals surface area (Å²) in [5.74, 6) is 1.22. The molecule has 2 unspecified atom stereocenters. The molecule has 2 aromatic rings. The Balaban J connectivity index is 1.24. The third-order valence-electron chi connectivity index (χ3n) is 10.5. The first-order chi connectivity index (χ1) is 16.7. The molecule has 2 nitrogen and oxygen atoms in total. The maximum Gasteiger partial charge on any atom is 0.0974 e. The van der Waals surface area contributed by atoms with Gasteiger partial charge < -0.3 is 10.1 Å². The van der Waals surface area contributed by atoms with Crippen LogP contribution in [0.5, 0.6) is 0 Å². The van der Waals surface area contributed by atoms with Crippen molar-refractivity contribution in [2.75, 3.05) is 0 Å². The lowest BCUT2D eigenvalue weighted by molar-refractivity contribution is -0.136. The molecule has 2 aromatic carbocycles. The zero-order valence-corrected chi connectivity index (χ0v) is 22.0. The van der Waals surface area contributed by atoms with E-state index in [0.717, 1.165) is 6.42 Å². The summed E-state index contributed by atoms with van der Waals surface area (Å²) < 4.78 is 7.48. The molecule has 184 valence electrons. The van der Waals surface area contributed by atoms with Gasteiger partial charge in [0.25, 0.3) is 0 Å². The Hall–Kier alpha value is -1.90. The van der Waals surface area contributed by atoms with Crippen LogP contribution in [0.3, 0.4) is 0 Å². The van der Waals surface area contributed by atoms with Crippen LogP contribution in [0.2, 0.25) is 0 Å². The van der Waals surface area contributed by atoms with Gasteiger partial charge in [-0.3, -0.25) is 0 Å². The quantitative estimate of drug-likeness (QED) is 0.486. The van der Waals surface area contributed by atoms with Crippen molar-refractivity contribution in [2.45, 2.75) is 108 Å². The Morgan fingerprint density at radius 1 is 0.971 bits per heavy atom. The normalized spacial score (nSPS) is 40.1. The molecule has 2 heterocycles. The summed E-state index contributed by atoms with van der Waals surface area (Å²) >= 11 is 0. The van der Waals surface area contributed by atoms with Crippen LogP contribution in [-0.4, -0.2) is 22.8 Å². The summed E-state index contributed by atoms with van der Waals surface area (Å²) in [4.78, 5) is 0. The summed E-state index contributed by atoms with van der Waals surface area (Å²) in [7, 11) is 0. The van der Waals surface area contributed by atoms with E-state index in [1.165, 1.54) is 66.9 Å². The Morgan fingerprint density at radius 2 is 1.80 bits per heavy atom. The van der Waals surface area contributed by atoms with Crippen LogP contribution < -0.4 is 5.32 Å². The molecule has 3 fully saturated rings. The highest BCUT2D eigenvalue weighted by atomic mass is 16.5. The van der Waals surface area contributed by atoms with Gasteiger partial charge in [0.05, 0.1) is 11.2 Å². The topological polar surface area (TPSA) is 21.3 Å². The molecule has 2 saturated carbocycles. The van der Waals surface area contributed by atoms with Crippen molar-refractivity contribution in [3.63, 3.8) is 0 Å². The van der Waals surface area contributed by atoms with Crippen LogP contribution in [-0.2, 0) is 4.74 Å². The summed E-state index contributed by atoms with van der Waals surface area (Å²) in [6.45, 7) is 9.48. The first-order valence-corrected chi connectivity index (χ1v) is 14.1. The maximum atomic E-state index is 7.48. The number of hydrogen-bond acceptors (Lipinski definition) is 2. The van der Waals surface area contributed by atoms with E-state index in [-0.39, 0.29) is 22.2 Å². The number of rotatable bonds is 2. The van der Waals surface area contributed by atoms with Crippen LogP contribution >= 0.6 is 0 Å². The molecule has 1 saturated heterocycles. The minimum atomic E-state index is -0.0638. The molecule has 0 amide bonds. The molecule has 0 aromatic heterocycles. The largest absolute Gasteiger partial charge is 0.359 e. The molecular weight excluding hydrogens is 426 g/mol. The molecule has 1 N–H and O–H groups in total. The number of hydrogen-bond donors (Lipinski definition) is 1. The van der Waals surface area contributed by atoms with Gasteiger partial charge in [0.1, 0.15) is 0 Å². The van der Waals surface area contributed by atoms with E-state index in [1.54, 1.807) is 5.57 Å². The molecule has 0 radical (unpaired) electrons. The van der Waals surface area contributed by atoms with Crippen LogP contribution in [0, 0.1) is 11.3 Å². The first-order valence-electron chi connectivity index (χ1n) is 14.1. The molecule has 2 heteroatoms. The fraction of sp³-hybridized carbons (Fsp3) is 0.576. The second kappa shape index (κ2) is 7.33. The summed E-state index contributed by atoms with van der Waals surface area (Å²) in [5.41, 5.74) is 4.99. The lowest BCUT2D eigenvalue weighted by Crippen LogP contribution is -2.56. The molecule has 7 rings (SSSR count). The number of benzene rings is 2. The van der Waals surface area contributed by atoms with Crippen molar-refractivity contribution in [3.05, 3.63) is 71.3 Å². The fourth-order valence-electron chi connectivity index (χ4n) is 9.12. The van der Waals surface area contributed by atoms with E-state index < -0.39 is 0 Å². The van der Waals surface area contributed by atoms with E-state index in [0.29, 0.717) is 17.9 Å². The van der Waals surface area contributed by atoms with Gasteiger partial charge in [-0.25, -0.2) is 0 Å². The lowest BCUT2D eigenvalue weighted by atomic mass is 9.58. The smallest absolute Gasteiger partial charge is 0.0974 e. The van der Waals surface area contributed by atoms with Gasteiger partial charge in [0.2, 0.25) is 0 Å². The number of ether oxygens (including phenoxy) is 1. The molecule has 2 aliphatic heterocycles. The third-order valence-corrected chi connectivity index (χ3v) is 10.5. The maximum absolute atomic E-state index is 7.48. The third kappa shape index (κ3) is 3.22. The van der Waals surface area contributed by atoms with Gasteiger partial charge in [-0.05, 0) is 117 Å². The van der Waals surface area contributed by atoms with Crippen molar-refractivity contribution < 1.29 is 4.74 Å². The van der Waals surface area contributed by atoms with Crippen molar-refractivity contribution >= 4 is 10.8 Å². The van der Waals surface area contributed by atoms with Crippen molar-refractivity contribution in [1.82, 2.24) is 5.32 Å². The minimum absolute atomic E-state index is 0.0300. The first kappa shape index (κ1) is 22.3. The molecule has 2 spiro atoms. The molecular formula is C33H41NO. The highest BCUT2D eigenvalue weighted by Gasteiger charge is 2.66. The summed E-state index contributed by atoms with van der Waals surface area (Å²) in [6.07, 6.45) is 14.9. The second-order valence-electron chi connectivity index (χ2n) is 13.6. The predicted octanol–water partition coefficient (Wildman–Crippen LogP) is 7.84.